The lowest BCUT2D eigenvalue weighted by molar-refractivity contribution is 0.396. The van der Waals surface area contributed by atoms with Crippen LogP contribution < -0.4 is 10.6 Å². The smallest absolute Gasteiger partial charge is 0.128 e. The van der Waals surface area contributed by atoms with E-state index in [0.29, 0.717) is 6.54 Å². The summed E-state index contributed by atoms with van der Waals surface area (Å²) in [4.78, 5) is 4.92. The average molecular weight is 323 g/mol. The van der Waals surface area contributed by atoms with Crippen LogP contribution in [0.5, 0.6) is 0 Å². The summed E-state index contributed by atoms with van der Waals surface area (Å²) in [6.07, 6.45) is 5.91. The van der Waals surface area contributed by atoms with Gasteiger partial charge in [-0.1, -0.05) is 43.5 Å². The lowest BCUT2D eigenvalue weighted by Gasteiger charge is -2.42. The number of rotatable bonds is 2. The van der Waals surface area contributed by atoms with Gasteiger partial charge in [0.05, 0.1) is 16.9 Å². The number of nitrogens with one attached hydrogen (secondary N) is 2. The third-order valence-electron chi connectivity index (χ3n) is 5.04. The maximum atomic E-state index is 13.1. The second-order valence-electron chi connectivity index (χ2n) is 6.73. The molecule has 4 rings (SSSR count). The van der Waals surface area contributed by atoms with Gasteiger partial charge >= 0.3 is 0 Å². The van der Waals surface area contributed by atoms with Crippen molar-refractivity contribution in [2.24, 2.45) is 4.99 Å². The SMILES string of the molecule is Fc1ccc(CNC2=Nc3ccccc3NC23CCCCC3)cc1. The Morgan fingerprint density at radius 3 is 2.54 bits per heavy atom. The van der Waals surface area contributed by atoms with Crippen molar-refractivity contribution in [1.29, 1.82) is 0 Å². The summed E-state index contributed by atoms with van der Waals surface area (Å²) < 4.78 is 13.1. The summed E-state index contributed by atoms with van der Waals surface area (Å²) in [6, 6.07) is 14.9. The maximum absolute atomic E-state index is 13.1. The van der Waals surface area contributed by atoms with Gasteiger partial charge in [-0.3, -0.25) is 0 Å². The minimum atomic E-state index is -0.201. The first-order chi connectivity index (χ1) is 11.8. The van der Waals surface area contributed by atoms with Crippen molar-refractivity contribution >= 4 is 17.2 Å². The third kappa shape index (κ3) is 2.88. The predicted molar refractivity (Wildman–Crippen MR) is 96.2 cm³/mol. The molecular formula is C20H22FN3. The van der Waals surface area contributed by atoms with E-state index in [-0.39, 0.29) is 11.4 Å². The highest BCUT2D eigenvalue weighted by atomic mass is 19.1. The molecule has 3 nitrogen and oxygen atoms in total. The van der Waals surface area contributed by atoms with Crippen molar-refractivity contribution < 1.29 is 4.39 Å². The largest absolute Gasteiger partial charge is 0.371 e. The average Bonchev–Trinajstić information content (AvgIpc) is 2.62. The molecule has 0 bridgehead atoms. The van der Waals surface area contributed by atoms with E-state index in [1.807, 2.05) is 24.3 Å². The van der Waals surface area contributed by atoms with Gasteiger partial charge in [0.2, 0.25) is 0 Å². The highest BCUT2D eigenvalue weighted by molar-refractivity contribution is 6.00. The third-order valence-corrected chi connectivity index (χ3v) is 5.04. The Balaban J connectivity index is 1.61. The minimum absolute atomic E-state index is 0.0906. The summed E-state index contributed by atoms with van der Waals surface area (Å²) in [5.74, 6) is 0.818. The van der Waals surface area contributed by atoms with Crippen LogP contribution in [0.15, 0.2) is 53.5 Å². The van der Waals surface area contributed by atoms with Crippen LogP contribution in [0.3, 0.4) is 0 Å². The minimum Gasteiger partial charge on any atom is -0.371 e. The number of hydrogen-bond acceptors (Lipinski definition) is 3. The highest BCUT2D eigenvalue weighted by Gasteiger charge is 2.40. The quantitative estimate of drug-likeness (QED) is 0.835. The lowest BCUT2D eigenvalue weighted by atomic mass is 9.79. The Hall–Kier alpha value is -2.36. The van der Waals surface area contributed by atoms with Gasteiger partial charge in [-0.25, -0.2) is 9.38 Å². The second kappa shape index (κ2) is 6.27. The molecule has 0 saturated heterocycles. The van der Waals surface area contributed by atoms with Crippen molar-refractivity contribution in [3.63, 3.8) is 0 Å². The maximum Gasteiger partial charge on any atom is 0.128 e. The van der Waals surface area contributed by atoms with Gasteiger partial charge in [0, 0.05) is 6.54 Å². The highest BCUT2D eigenvalue weighted by Crippen LogP contribution is 2.40. The topological polar surface area (TPSA) is 36.4 Å². The number of amidine groups is 1. The van der Waals surface area contributed by atoms with Gasteiger partial charge in [-0.2, -0.15) is 0 Å². The molecule has 2 aromatic carbocycles. The first-order valence-corrected chi connectivity index (χ1v) is 8.70. The molecule has 1 aliphatic heterocycles. The molecule has 24 heavy (non-hydrogen) atoms. The van der Waals surface area contributed by atoms with Crippen molar-refractivity contribution in [2.45, 2.75) is 44.2 Å². The normalized spacial score (nSPS) is 18.5. The van der Waals surface area contributed by atoms with E-state index in [1.165, 1.54) is 31.4 Å². The monoisotopic (exact) mass is 323 g/mol. The number of aliphatic imine (C=N–C) groups is 1. The predicted octanol–water partition coefficient (Wildman–Crippen LogP) is 4.77. The molecular weight excluding hydrogens is 301 g/mol. The summed E-state index contributed by atoms with van der Waals surface area (Å²) in [7, 11) is 0. The Kier molecular flexibility index (Phi) is 3.97. The molecule has 2 aromatic rings. The van der Waals surface area contributed by atoms with Crippen LogP contribution in [-0.2, 0) is 6.54 Å². The van der Waals surface area contributed by atoms with Crippen molar-refractivity contribution in [2.75, 3.05) is 5.32 Å². The molecule has 0 amide bonds. The van der Waals surface area contributed by atoms with Crippen molar-refractivity contribution in [1.82, 2.24) is 5.32 Å². The second-order valence-corrected chi connectivity index (χ2v) is 6.73. The molecule has 0 radical (unpaired) electrons. The summed E-state index contributed by atoms with van der Waals surface area (Å²) in [5, 5.41) is 7.28. The fourth-order valence-corrected chi connectivity index (χ4v) is 3.74. The number of benzene rings is 2. The Morgan fingerprint density at radius 1 is 1.00 bits per heavy atom. The van der Waals surface area contributed by atoms with Crippen LogP contribution in [0.4, 0.5) is 15.8 Å². The number of halogens is 1. The standard InChI is InChI=1S/C20H22FN3/c21-16-10-8-15(9-11-16)14-22-19-20(12-4-1-5-13-20)24-18-7-3-2-6-17(18)23-19/h2-3,6-11,24H,1,4-5,12-14H2,(H,22,23). The molecule has 1 heterocycles. The van der Waals surface area contributed by atoms with E-state index in [4.69, 9.17) is 4.99 Å². The number of para-hydroxylation sites is 2. The Labute approximate surface area is 142 Å². The summed E-state index contributed by atoms with van der Waals surface area (Å²) in [5.41, 5.74) is 3.07. The van der Waals surface area contributed by atoms with Crippen LogP contribution >= 0.6 is 0 Å². The fourth-order valence-electron chi connectivity index (χ4n) is 3.74. The van der Waals surface area contributed by atoms with E-state index in [2.05, 4.69) is 22.8 Å². The Morgan fingerprint density at radius 2 is 1.75 bits per heavy atom. The summed E-state index contributed by atoms with van der Waals surface area (Å²) in [6.45, 7) is 0.657. The van der Waals surface area contributed by atoms with Crippen LogP contribution in [0.25, 0.3) is 0 Å². The first kappa shape index (κ1) is 15.2. The van der Waals surface area contributed by atoms with E-state index >= 15 is 0 Å². The van der Waals surface area contributed by atoms with E-state index in [9.17, 15) is 4.39 Å². The number of hydrogen-bond donors (Lipinski definition) is 2. The molecule has 2 N–H and O–H groups in total. The molecule has 1 aliphatic carbocycles. The van der Waals surface area contributed by atoms with Crippen LogP contribution in [-0.4, -0.2) is 11.4 Å². The van der Waals surface area contributed by atoms with Crippen LogP contribution in [0.1, 0.15) is 37.7 Å². The zero-order valence-electron chi connectivity index (χ0n) is 13.7. The molecule has 1 spiro atoms. The zero-order valence-corrected chi connectivity index (χ0v) is 13.7. The molecule has 0 unspecified atom stereocenters. The van der Waals surface area contributed by atoms with Gasteiger partial charge in [-0.15, -0.1) is 0 Å². The van der Waals surface area contributed by atoms with Crippen molar-refractivity contribution in [3.8, 4) is 0 Å². The van der Waals surface area contributed by atoms with Gasteiger partial charge in [0.25, 0.3) is 0 Å². The van der Waals surface area contributed by atoms with Crippen LogP contribution in [0.2, 0.25) is 0 Å². The Bertz CT molecular complexity index is 746. The van der Waals surface area contributed by atoms with Crippen molar-refractivity contribution in [3.05, 3.63) is 59.9 Å². The van der Waals surface area contributed by atoms with Gasteiger partial charge < -0.3 is 10.6 Å². The molecule has 1 saturated carbocycles. The number of nitrogens with zero attached hydrogens (tertiary/aromatic N) is 1. The molecule has 2 aliphatic rings. The summed E-state index contributed by atoms with van der Waals surface area (Å²) >= 11 is 0. The molecule has 124 valence electrons. The molecule has 1 fully saturated rings. The number of fused-ring (bicyclic) bond motifs is 1. The number of anilines is 1. The van der Waals surface area contributed by atoms with E-state index in [0.717, 1.165) is 35.6 Å². The fraction of sp³-hybridized carbons (Fsp3) is 0.350. The van der Waals surface area contributed by atoms with Crippen LogP contribution in [0, 0.1) is 5.82 Å². The van der Waals surface area contributed by atoms with Gasteiger partial charge in [0.1, 0.15) is 11.7 Å². The van der Waals surface area contributed by atoms with Gasteiger partial charge in [-0.05, 0) is 42.7 Å². The zero-order chi connectivity index (χ0) is 16.4. The van der Waals surface area contributed by atoms with E-state index in [1.54, 1.807) is 0 Å². The molecule has 0 atom stereocenters. The van der Waals surface area contributed by atoms with E-state index < -0.39 is 0 Å². The first-order valence-electron chi connectivity index (χ1n) is 8.70. The molecule has 0 aromatic heterocycles. The lowest BCUT2D eigenvalue weighted by Crippen LogP contribution is -2.54. The van der Waals surface area contributed by atoms with Gasteiger partial charge in [0.15, 0.2) is 0 Å². The molecule has 4 heteroatoms.